The molecule has 2 fully saturated rings. The minimum atomic E-state index is -0.0672. The molecule has 3 aromatic rings. The highest BCUT2D eigenvalue weighted by atomic mass is 32.1. The van der Waals surface area contributed by atoms with Gasteiger partial charge in [0.2, 0.25) is 0 Å². The minimum Gasteiger partial charge on any atom is -0.497 e. The monoisotopic (exact) mass is 427 g/mol. The predicted octanol–water partition coefficient (Wildman–Crippen LogP) is 3.25. The van der Waals surface area contributed by atoms with E-state index in [1.54, 1.807) is 7.11 Å². The van der Waals surface area contributed by atoms with Crippen molar-refractivity contribution in [2.45, 2.75) is 25.7 Å². The second-order valence-corrected chi connectivity index (χ2v) is 8.84. The number of likely N-dealkylation sites (tertiary alicyclic amines) is 1. The van der Waals surface area contributed by atoms with E-state index in [0.717, 1.165) is 53.5 Å². The maximum atomic E-state index is 12.7. The van der Waals surface area contributed by atoms with E-state index in [4.69, 9.17) is 19.2 Å². The molecule has 0 unspecified atom stereocenters. The number of ether oxygens (including phenoxy) is 3. The SMILES string of the molecule is COc1ccc(-c2cc3nc(CN4CCC(C5OCCO5)CC4)[nH]c(=O)c3s2)cc1. The quantitative estimate of drug-likeness (QED) is 0.674. The van der Waals surface area contributed by atoms with Gasteiger partial charge >= 0.3 is 0 Å². The number of aromatic amines is 1. The molecule has 30 heavy (non-hydrogen) atoms. The standard InChI is InChI=1S/C22H25N3O4S/c1-27-16-4-2-14(3-5-16)18-12-17-20(30-18)21(26)24-19(23-17)13-25-8-6-15(7-9-25)22-28-10-11-29-22/h2-5,12,15,22H,6-11,13H2,1H3,(H,23,24,26). The van der Waals surface area contributed by atoms with Crippen molar-refractivity contribution in [3.8, 4) is 16.2 Å². The summed E-state index contributed by atoms with van der Waals surface area (Å²) in [4.78, 5) is 23.7. The third-order valence-corrected chi connectivity index (χ3v) is 7.02. The largest absolute Gasteiger partial charge is 0.497 e. The van der Waals surface area contributed by atoms with Gasteiger partial charge < -0.3 is 19.2 Å². The van der Waals surface area contributed by atoms with Crippen LogP contribution in [0, 0.1) is 5.92 Å². The fraction of sp³-hybridized carbons (Fsp3) is 0.455. The van der Waals surface area contributed by atoms with E-state index >= 15 is 0 Å². The molecule has 0 amide bonds. The molecular weight excluding hydrogens is 402 g/mol. The normalized spacial score (nSPS) is 19.0. The highest BCUT2D eigenvalue weighted by Gasteiger charge is 2.30. The predicted molar refractivity (Wildman–Crippen MR) is 116 cm³/mol. The first-order valence-corrected chi connectivity index (χ1v) is 11.1. The van der Waals surface area contributed by atoms with Crippen molar-refractivity contribution < 1.29 is 14.2 Å². The zero-order valence-electron chi connectivity index (χ0n) is 16.9. The van der Waals surface area contributed by atoms with Gasteiger partial charge in [-0.2, -0.15) is 0 Å². The molecule has 2 saturated heterocycles. The molecule has 8 heteroatoms. The van der Waals surface area contributed by atoms with Gasteiger partial charge in [-0.05, 0) is 61.8 Å². The van der Waals surface area contributed by atoms with Gasteiger partial charge in [0, 0.05) is 10.8 Å². The van der Waals surface area contributed by atoms with Gasteiger partial charge in [0.1, 0.15) is 16.3 Å². The van der Waals surface area contributed by atoms with Crippen LogP contribution < -0.4 is 10.3 Å². The van der Waals surface area contributed by atoms with Gasteiger partial charge in [-0.3, -0.25) is 9.69 Å². The number of nitrogens with zero attached hydrogens (tertiary/aromatic N) is 2. The number of benzene rings is 1. The summed E-state index contributed by atoms with van der Waals surface area (Å²) in [7, 11) is 1.65. The third-order valence-electron chi connectivity index (χ3n) is 5.84. The molecule has 158 valence electrons. The first-order valence-electron chi connectivity index (χ1n) is 10.3. The van der Waals surface area contributed by atoms with Gasteiger partial charge in [0.25, 0.3) is 5.56 Å². The molecule has 0 atom stereocenters. The molecule has 2 aromatic heterocycles. The average Bonchev–Trinajstić information content (AvgIpc) is 3.45. The first kappa shape index (κ1) is 19.7. The van der Waals surface area contributed by atoms with Crippen LogP contribution in [0.5, 0.6) is 5.75 Å². The van der Waals surface area contributed by atoms with Crippen molar-refractivity contribution in [1.82, 2.24) is 14.9 Å². The molecule has 0 aliphatic carbocycles. The summed E-state index contributed by atoms with van der Waals surface area (Å²) in [5.74, 6) is 1.99. The van der Waals surface area contributed by atoms with E-state index < -0.39 is 0 Å². The topological polar surface area (TPSA) is 76.7 Å². The number of piperidine rings is 1. The molecular formula is C22H25N3O4S. The molecule has 5 rings (SSSR count). The molecule has 0 bridgehead atoms. The fourth-order valence-electron chi connectivity index (χ4n) is 4.20. The Morgan fingerprint density at radius 3 is 2.63 bits per heavy atom. The average molecular weight is 428 g/mol. The number of nitrogens with one attached hydrogen (secondary N) is 1. The van der Waals surface area contributed by atoms with E-state index in [-0.39, 0.29) is 11.8 Å². The van der Waals surface area contributed by atoms with E-state index in [2.05, 4.69) is 9.88 Å². The van der Waals surface area contributed by atoms with E-state index in [1.807, 2.05) is 30.3 Å². The Morgan fingerprint density at radius 2 is 1.93 bits per heavy atom. The van der Waals surface area contributed by atoms with Gasteiger partial charge in [0.05, 0.1) is 32.4 Å². The van der Waals surface area contributed by atoms with E-state index in [9.17, 15) is 4.79 Å². The lowest BCUT2D eigenvalue weighted by Crippen LogP contribution is -2.38. The number of hydrogen-bond donors (Lipinski definition) is 1. The number of thiophene rings is 1. The highest BCUT2D eigenvalue weighted by Crippen LogP contribution is 2.32. The lowest BCUT2D eigenvalue weighted by Gasteiger charge is -2.33. The van der Waals surface area contributed by atoms with Gasteiger partial charge in [-0.15, -0.1) is 11.3 Å². The summed E-state index contributed by atoms with van der Waals surface area (Å²) >= 11 is 1.47. The van der Waals surface area contributed by atoms with Crippen LogP contribution in [0.2, 0.25) is 0 Å². The van der Waals surface area contributed by atoms with Crippen LogP contribution in [0.25, 0.3) is 20.7 Å². The number of H-pyrrole nitrogens is 1. The summed E-state index contributed by atoms with van der Waals surface area (Å²) < 4.78 is 17.2. The van der Waals surface area contributed by atoms with Crippen LogP contribution in [0.4, 0.5) is 0 Å². The Labute approximate surface area is 178 Å². The molecule has 7 nitrogen and oxygen atoms in total. The van der Waals surface area contributed by atoms with E-state index in [1.165, 1.54) is 11.3 Å². The second-order valence-electron chi connectivity index (χ2n) is 7.79. The summed E-state index contributed by atoms with van der Waals surface area (Å²) in [6, 6.07) is 9.85. The number of methoxy groups -OCH3 is 1. The van der Waals surface area contributed by atoms with Crippen molar-refractivity contribution in [3.63, 3.8) is 0 Å². The summed E-state index contributed by atoms with van der Waals surface area (Å²) in [5, 5.41) is 0. The van der Waals surface area contributed by atoms with E-state index in [0.29, 0.717) is 30.4 Å². The Kier molecular flexibility index (Phi) is 5.56. The summed E-state index contributed by atoms with van der Waals surface area (Å²) in [6.45, 7) is 3.97. The molecule has 1 N–H and O–H groups in total. The Bertz CT molecular complexity index is 1060. The summed E-state index contributed by atoms with van der Waals surface area (Å²) in [5.41, 5.74) is 1.74. The molecule has 0 spiro atoms. The van der Waals surface area contributed by atoms with Crippen molar-refractivity contribution in [2.75, 3.05) is 33.4 Å². The van der Waals surface area contributed by atoms with Crippen LogP contribution in [0.1, 0.15) is 18.7 Å². The molecule has 2 aliphatic heterocycles. The van der Waals surface area contributed by atoms with Crippen molar-refractivity contribution >= 4 is 21.6 Å². The Hall–Kier alpha value is -2.26. The highest BCUT2D eigenvalue weighted by molar-refractivity contribution is 7.22. The molecule has 2 aliphatic rings. The van der Waals surface area contributed by atoms with Crippen molar-refractivity contribution in [3.05, 3.63) is 46.5 Å². The van der Waals surface area contributed by atoms with Crippen LogP contribution >= 0.6 is 11.3 Å². The maximum absolute atomic E-state index is 12.7. The lowest BCUT2D eigenvalue weighted by molar-refractivity contribution is -0.0978. The molecule has 1 aromatic carbocycles. The number of rotatable bonds is 5. The minimum absolute atomic E-state index is 0.0383. The maximum Gasteiger partial charge on any atom is 0.268 e. The number of fused-ring (bicyclic) bond motifs is 1. The Balaban J connectivity index is 1.30. The number of hydrogen-bond acceptors (Lipinski definition) is 7. The zero-order valence-corrected chi connectivity index (χ0v) is 17.7. The van der Waals surface area contributed by atoms with Crippen molar-refractivity contribution in [1.29, 1.82) is 0 Å². The van der Waals surface area contributed by atoms with Crippen LogP contribution in [0.15, 0.2) is 35.1 Å². The van der Waals surface area contributed by atoms with Gasteiger partial charge in [-0.1, -0.05) is 0 Å². The van der Waals surface area contributed by atoms with Crippen LogP contribution in [-0.2, 0) is 16.0 Å². The molecule has 0 saturated carbocycles. The van der Waals surface area contributed by atoms with Gasteiger partial charge in [0.15, 0.2) is 6.29 Å². The van der Waals surface area contributed by atoms with Crippen LogP contribution in [-0.4, -0.2) is 54.6 Å². The van der Waals surface area contributed by atoms with Crippen LogP contribution in [0.3, 0.4) is 0 Å². The molecule has 4 heterocycles. The Morgan fingerprint density at radius 1 is 1.20 bits per heavy atom. The lowest BCUT2D eigenvalue weighted by atomic mass is 9.96. The number of aromatic nitrogens is 2. The first-order chi connectivity index (χ1) is 14.7. The zero-order chi connectivity index (χ0) is 20.5. The molecule has 0 radical (unpaired) electrons. The second kappa shape index (κ2) is 8.47. The fourth-order valence-corrected chi connectivity index (χ4v) is 5.20. The van der Waals surface area contributed by atoms with Gasteiger partial charge in [-0.25, -0.2) is 4.98 Å². The smallest absolute Gasteiger partial charge is 0.268 e. The summed E-state index contributed by atoms with van der Waals surface area (Å²) in [6.07, 6.45) is 2.04. The third kappa shape index (κ3) is 4.00. The van der Waals surface area contributed by atoms with Crippen molar-refractivity contribution in [2.24, 2.45) is 5.92 Å².